The molecule has 0 aromatic carbocycles. The Balaban J connectivity index is 2.86. The zero-order valence-corrected chi connectivity index (χ0v) is 14.2. The fourth-order valence-corrected chi connectivity index (χ4v) is 2.08. The first-order valence-corrected chi connectivity index (χ1v) is 13.2. The summed E-state index contributed by atoms with van der Waals surface area (Å²) in [6, 6.07) is 3.97. The van der Waals surface area contributed by atoms with Crippen LogP contribution in [0.5, 0.6) is 0 Å². The molecule has 1 aromatic rings. The zero-order chi connectivity index (χ0) is 13.8. The number of hydrogen-bond donors (Lipinski definition) is 0. The van der Waals surface area contributed by atoms with E-state index in [2.05, 4.69) is 67.2 Å². The van der Waals surface area contributed by atoms with Crippen LogP contribution in [0.1, 0.15) is 11.3 Å². The van der Waals surface area contributed by atoms with Gasteiger partial charge in [0.1, 0.15) is 21.8 Å². The van der Waals surface area contributed by atoms with Crippen LogP contribution < -0.4 is 0 Å². The molecule has 0 unspecified atom stereocenters. The quantitative estimate of drug-likeness (QED) is 0.519. The van der Waals surface area contributed by atoms with Gasteiger partial charge in [0, 0.05) is 11.8 Å². The van der Waals surface area contributed by atoms with Gasteiger partial charge in [-0.3, -0.25) is 0 Å². The molecule has 0 saturated heterocycles. The van der Waals surface area contributed by atoms with Crippen molar-refractivity contribution in [3.63, 3.8) is 0 Å². The van der Waals surface area contributed by atoms with Gasteiger partial charge in [-0.1, -0.05) is 51.1 Å². The van der Waals surface area contributed by atoms with Crippen molar-refractivity contribution in [2.45, 2.75) is 39.3 Å². The minimum absolute atomic E-state index is 0.843. The molecule has 1 rings (SSSR count). The lowest BCUT2D eigenvalue weighted by atomic mass is 10.2. The van der Waals surface area contributed by atoms with Crippen molar-refractivity contribution in [3.05, 3.63) is 29.6 Å². The van der Waals surface area contributed by atoms with Crippen LogP contribution in [0.2, 0.25) is 39.3 Å². The predicted molar refractivity (Wildman–Crippen MR) is 84.7 cm³/mol. The molecule has 1 nitrogen and oxygen atoms in total. The Labute approximate surface area is 113 Å². The molecule has 18 heavy (non-hydrogen) atoms. The van der Waals surface area contributed by atoms with Crippen molar-refractivity contribution in [1.29, 1.82) is 0 Å². The maximum atomic E-state index is 4.34. The Hall–Kier alpha value is -1.30. The summed E-state index contributed by atoms with van der Waals surface area (Å²) in [5.41, 5.74) is 8.47. The molecular formula is C15H21NSi2. The molecule has 0 radical (unpaired) electrons. The zero-order valence-electron chi connectivity index (χ0n) is 12.2. The summed E-state index contributed by atoms with van der Waals surface area (Å²) in [4.78, 5) is 4.34. The molecule has 0 amide bonds. The molecule has 0 aliphatic rings. The smallest absolute Gasteiger partial charge is 0.129 e. The number of hydrogen-bond acceptors (Lipinski definition) is 1. The molecule has 1 heterocycles. The average molecular weight is 272 g/mol. The minimum atomic E-state index is -1.32. The lowest BCUT2D eigenvalue weighted by Gasteiger charge is -2.03. The van der Waals surface area contributed by atoms with Crippen LogP contribution in [0.15, 0.2) is 18.3 Å². The van der Waals surface area contributed by atoms with E-state index >= 15 is 0 Å². The highest BCUT2D eigenvalue weighted by atomic mass is 28.3. The Kier molecular flexibility index (Phi) is 4.56. The third-order valence-electron chi connectivity index (χ3n) is 1.91. The summed E-state index contributed by atoms with van der Waals surface area (Å²) < 4.78 is 0. The van der Waals surface area contributed by atoms with Gasteiger partial charge in [-0.15, -0.1) is 11.1 Å². The highest BCUT2D eigenvalue weighted by Gasteiger charge is 2.08. The Morgan fingerprint density at radius 2 is 1.39 bits per heavy atom. The number of pyridine rings is 1. The van der Waals surface area contributed by atoms with Crippen molar-refractivity contribution in [3.8, 4) is 22.9 Å². The van der Waals surface area contributed by atoms with Crippen LogP contribution in [0.3, 0.4) is 0 Å². The lowest BCUT2D eigenvalue weighted by molar-refractivity contribution is 1.27. The van der Waals surface area contributed by atoms with Gasteiger partial charge in [-0.2, -0.15) is 0 Å². The SMILES string of the molecule is C[Si](C)(C)C#Cc1ccc(C#C[Si](C)(C)C)nc1. The molecule has 0 aliphatic carbocycles. The fraction of sp³-hybridized carbons (Fsp3) is 0.400. The second kappa shape index (κ2) is 5.56. The maximum Gasteiger partial charge on any atom is 0.129 e. The second-order valence-corrected chi connectivity index (χ2v) is 15.9. The third kappa shape index (κ3) is 6.44. The lowest BCUT2D eigenvalue weighted by Crippen LogP contribution is -2.16. The summed E-state index contributed by atoms with van der Waals surface area (Å²) in [6.45, 7) is 13.4. The predicted octanol–water partition coefficient (Wildman–Crippen LogP) is 3.54. The van der Waals surface area contributed by atoms with Crippen LogP contribution in [-0.4, -0.2) is 21.1 Å². The Morgan fingerprint density at radius 1 is 0.833 bits per heavy atom. The largest absolute Gasteiger partial charge is 0.247 e. The van der Waals surface area contributed by atoms with Crippen molar-refractivity contribution >= 4 is 16.1 Å². The third-order valence-corrected chi connectivity index (χ3v) is 3.66. The molecule has 94 valence electrons. The summed E-state index contributed by atoms with van der Waals surface area (Å²) >= 11 is 0. The topological polar surface area (TPSA) is 12.9 Å². The molecule has 3 heteroatoms. The molecule has 0 bridgehead atoms. The van der Waals surface area contributed by atoms with E-state index in [0.717, 1.165) is 11.3 Å². The van der Waals surface area contributed by atoms with Gasteiger partial charge in [-0.25, -0.2) is 4.98 Å². The molecule has 0 aliphatic heterocycles. The standard InChI is InChI=1S/C15H21NSi2/c1-17(2,3)11-9-14-7-8-15(16-13-14)10-12-18(4,5)6/h7-8,13H,1-6H3. The normalized spacial score (nSPS) is 11.0. The van der Waals surface area contributed by atoms with Crippen molar-refractivity contribution in [2.75, 3.05) is 0 Å². The highest BCUT2D eigenvalue weighted by molar-refractivity contribution is 6.84. The Bertz CT molecular complexity index is 472. The molecule has 0 fully saturated rings. The van der Waals surface area contributed by atoms with Gasteiger partial charge < -0.3 is 0 Å². The number of aromatic nitrogens is 1. The van der Waals surface area contributed by atoms with E-state index in [1.165, 1.54) is 0 Å². The molecule has 1 aromatic heterocycles. The highest BCUT2D eigenvalue weighted by Crippen LogP contribution is 2.02. The number of nitrogens with zero attached hydrogens (tertiary/aromatic N) is 1. The van der Waals surface area contributed by atoms with E-state index in [1.54, 1.807) is 0 Å². The van der Waals surface area contributed by atoms with E-state index in [-0.39, 0.29) is 0 Å². The fourth-order valence-electron chi connectivity index (χ4n) is 1.05. The molecule has 0 saturated carbocycles. The van der Waals surface area contributed by atoms with E-state index in [0.29, 0.717) is 0 Å². The number of rotatable bonds is 0. The molecular weight excluding hydrogens is 250 g/mol. The van der Waals surface area contributed by atoms with Crippen molar-refractivity contribution in [2.24, 2.45) is 0 Å². The van der Waals surface area contributed by atoms with Gasteiger partial charge >= 0.3 is 0 Å². The van der Waals surface area contributed by atoms with E-state index in [9.17, 15) is 0 Å². The molecule has 0 spiro atoms. The van der Waals surface area contributed by atoms with Crippen LogP contribution >= 0.6 is 0 Å². The minimum Gasteiger partial charge on any atom is -0.247 e. The van der Waals surface area contributed by atoms with Gasteiger partial charge in [-0.05, 0) is 12.1 Å². The first-order valence-electron chi connectivity index (χ1n) is 6.18. The van der Waals surface area contributed by atoms with Gasteiger partial charge in [0.2, 0.25) is 0 Å². The first-order chi connectivity index (χ1) is 8.16. The summed E-state index contributed by atoms with van der Waals surface area (Å²) in [7, 11) is -2.62. The summed E-state index contributed by atoms with van der Waals surface area (Å²) in [5.74, 6) is 6.34. The average Bonchev–Trinajstić information content (AvgIpc) is 2.23. The summed E-state index contributed by atoms with van der Waals surface area (Å²) in [6.07, 6.45) is 1.82. The van der Waals surface area contributed by atoms with Crippen LogP contribution in [0.25, 0.3) is 0 Å². The molecule has 0 atom stereocenters. The second-order valence-electron chi connectivity index (χ2n) is 6.43. The van der Waals surface area contributed by atoms with E-state index in [4.69, 9.17) is 0 Å². The monoisotopic (exact) mass is 271 g/mol. The van der Waals surface area contributed by atoms with Crippen LogP contribution in [0.4, 0.5) is 0 Å². The summed E-state index contributed by atoms with van der Waals surface area (Å²) in [5, 5.41) is 0. The van der Waals surface area contributed by atoms with E-state index in [1.807, 2.05) is 18.3 Å². The first kappa shape index (κ1) is 14.8. The van der Waals surface area contributed by atoms with E-state index < -0.39 is 16.1 Å². The van der Waals surface area contributed by atoms with Gasteiger partial charge in [0.05, 0.1) is 0 Å². The maximum absolute atomic E-state index is 4.34. The van der Waals surface area contributed by atoms with Crippen LogP contribution in [-0.2, 0) is 0 Å². The molecule has 0 N–H and O–H groups in total. The van der Waals surface area contributed by atoms with Crippen LogP contribution in [0, 0.1) is 22.9 Å². The van der Waals surface area contributed by atoms with Crippen molar-refractivity contribution < 1.29 is 0 Å². The Morgan fingerprint density at radius 3 is 1.83 bits per heavy atom. The van der Waals surface area contributed by atoms with Gasteiger partial charge in [0.15, 0.2) is 0 Å². The van der Waals surface area contributed by atoms with Crippen molar-refractivity contribution in [1.82, 2.24) is 4.98 Å². The van der Waals surface area contributed by atoms with Gasteiger partial charge in [0.25, 0.3) is 0 Å².